The lowest BCUT2D eigenvalue weighted by Gasteiger charge is -2.44. The van der Waals surface area contributed by atoms with Crippen molar-refractivity contribution in [2.45, 2.75) is 109 Å². The number of aromatic nitrogens is 1. The Balaban J connectivity index is 1.92. The first-order chi connectivity index (χ1) is 12.3. The number of rotatable bonds is 3. The maximum atomic E-state index is 11.4. The second-order valence-electron chi connectivity index (χ2n) is 9.13. The zero-order valence-corrected chi connectivity index (χ0v) is 18.2. The second kappa shape index (κ2) is 6.47. The molecule has 0 aromatic carbocycles. The van der Waals surface area contributed by atoms with Crippen LogP contribution in [0, 0.1) is 0 Å². The first kappa shape index (κ1) is 18.7. The minimum absolute atomic E-state index is 0.0887. The molecule has 0 fully saturated rings. The van der Waals surface area contributed by atoms with E-state index in [-0.39, 0.29) is 12.2 Å². The highest BCUT2D eigenvalue weighted by atomic mass is 28.4. The third kappa shape index (κ3) is 2.43. The van der Waals surface area contributed by atoms with E-state index in [4.69, 9.17) is 8.85 Å². The molecule has 0 aliphatic carbocycles. The molecule has 0 radical (unpaired) electrons. The van der Waals surface area contributed by atoms with Crippen molar-refractivity contribution in [3.63, 3.8) is 0 Å². The van der Waals surface area contributed by atoms with Gasteiger partial charge in [0.05, 0.1) is 17.9 Å². The predicted molar refractivity (Wildman–Crippen MR) is 106 cm³/mol. The fourth-order valence-electron chi connectivity index (χ4n) is 5.84. The third-order valence-electron chi connectivity index (χ3n) is 7.01. The maximum absolute atomic E-state index is 11.4. The van der Waals surface area contributed by atoms with Gasteiger partial charge in [0, 0.05) is 17.3 Å². The molecule has 4 nitrogen and oxygen atoms in total. The molecule has 4 heterocycles. The summed E-state index contributed by atoms with van der Waals surface area (Å²) in [7, 11) is -2.46. The van der Waals surface area contributed by atoms with Gasteiger partial charge < -0.3 is 18.5 Å². The van der Waals surface area contributed by atoms with Crippen molar-refractivity contribution in [3.05, 3.63) is 22.5 Å². The van der Waals surface area contributed by atoms with Gasteiger partial charge in [-0.1, -0.05) is 34.6 Å². The fourth-order valence-corrected chi connectivity index (χ4v) is 9.68. The molecule has 1 aromatic rings. The Morgan fingerprint density at radius 3 is 2.50 bits per heavy atom. The summed E-state index contributed by atoms with van der Waals surface area (Å²) in [6.07, 6.45) is 4.98. The van der Waals surface area contributed by atoms with Crippen molar-refractivity contribution in [2.75, 3.05) is 0 Å². The molecule has 0 unspecified atom stereocenters. The molecule has 3 aliphatic rings. The molecule has 26 heavy (non-hydrogen) atoms. The van der Waals surface area contributed by atoms with Gasteiger partial charge in [-0.15, -0.1) is 0 Å². The fraction of sp³-hybridized carbons (Fsp3) is 0.810. The van der Waals surface area contributed by atoms with Crippen LogP contribution in [0.25, 0.3) is 0 Å². The van der Waals surface area contributed by atoms with Crippen LogP contribution in [0.2, 0.25) is 11.1 Å². The lowest BCUT2D eigenvalue weighted by Crippen LogP contribution is -2.52. The maximum Gasteiger partial charge on any atom is 0.344 e. The van der Waals surface area contributed by atoms with Crippen LogP contribution in [0.4, 0.5) is 0 Å². The summed E-state index contributed by atoms with van der Waals surface area (Å²) in [6.45, 7) is 13.2. The van der Waals surface area contributed by atoms with Crippen LogP contribution in [-0.4, -0.2) is 24.3 Å². The van der Waals surface area contributed by atoms with E-state index in [9.17, 15) is 5.11 Å². The van der Waals surface area contributed by atoms with Crippen LogP contribution in [0.3, 0.4) is 0 Å². The Bertz CT molecular complexity index is 688. The summed E-state index contributed by atoms with van der Waals surface area (Å²) < 4.78 is 16.3. The average molecular weight is 378 g/mol. The molecule has 4 rings (SSSR count). The van der Waals surface area contributed by atoms with Gasteiger partial charge in [-0.25, -0.2) is 0 Å². The van der Waals surface area contributed by atoms with Crippen molar-refractivity contribution in [1.82, 2.24) is 4.57 Å². The molecule has 0 bridgehead atoms. The normalized spacial score (nSPS) is 32.7. The van der Waals surface area contributed by atoms with Crippen LogP contribution >= 0.6 is 0 Å². The van der Waals surface area contributed by atoms with Gasteiger partial charge in [0.1, 0.15) is 6.10 Å². The molecule has 0 amide bonds. The molecule has 4 atom stereocenters. The predicted octanol–water partition coefficient (Wildman–Crippen LogP) is 5.10. The van der Waals surface area contributed by atoms with E-state index >= 15 is 0 Å². The molecule has 3 aliphatic heterocycles. The first-order valence-corrected chi connectivity index (χ1v) is 12.6. The molecule has 0 saturated heterocycles. The zero-order valence-electron chi connectivity index (χ0n) is 17.2. The summed E-state index contributed by atoms with van der Waals surface area (Å²) >= 11 is 0. The molecular formula is C21H35NO3Si. The third-order valence-corrected chi connectivity index (χ3v) is 11.6. The highest BCUT2D eigenvalue weighted by Crippen LogP contribution is 2.54. The standard InChI is InChI=1S/C21H35NO3Si/c1-7-16-17-10-8-9-15-11-18-20(22(15)17)19(16)21(23)14(6)24-26(25-18,12(2)3)13(4)5/h12-15,18,21,23H,7-11H2,1-6H3/t14-,15+,18-,21-/m0/s1. The lowest BCUT2D eigenvalue weighted by molar-refractivity contribution is -0.0109. The Labute approximate surface area is 159 Å². The second-order valence-corrected chi connectivity index (χ2v) is 13.4. The van der Waals surface area contributed by atoms with E-state index in [2.05, 4.69) is 39.2 Å². The zero-order chi connectivity index (χ0) is 18.8. The van der Waals surface area contributed by atoms with E-state index in [1.165, 1.54) is 29.8 Å². The van der Waals surface area contributed by atoms with Gasteiger partial charge in [0.2, 0.25) is 0 Å². The smallest absolute Gasteiger partial charge is 0.344 e. The quantitative estimate of drug-likeness (QED) is 0.745. The number of hydrogen-bond donors (Lipinski definition) is 1. The van der Waals surface area contributed by atoms with Crippen LogP contribution in [0.1, 0.15) is 102 Å². The van der Waals surface area contributed by atoms with Crippen LogP contribution < -0.4 is 0 Å². The van der Waals surface area contributed by atoms with E-state index in [1.807, 2.05) is 6.92 Å². The Morgan fingerprint density at radius 2 is 1.88 bits per heavy atom. The number of nitrogens with zero attached hydrogens (tertiary/aromatic N) is 1. The van der Waals surface area contributed by atoms with Gasteiger partial charge in [0.15, 0.2) is 0 Å². The van der Waals surface area contributed by atoms with Crippen LogP contribution in [0.5, 0.6) is 0 Å². The van der Waals surface area contributed by atoms with Crippen LogP contribution in [0.15, 0.2) is 0 Å². The Kier molecular flexibility index (Phi) is 4.66. The molecule has 1 aromatic heterocycles. The first-order valence-electron chi connectivity index (χ1n) is 10.6. The lowest BCUT2D eigenvalue weighted by atomic mass is 9.91. The summed E-state index contributed by atoms with van der Waals surface area (Å²) in [5.74, 6) is 0. The van der Waals surface area contributed by atoms with E-state index in [0.717, 1.165) is 24.8 Å². The van der Waals surface area contributed by atoms with Gasteiger partial charge in [-0.3, -0.25) is 0 Å². The van der Waals surface area contributed by atoms with Gasteiger partial charge in [0.25, 0.3) is 0 Å². The Morgan fingerprint density at radius 1 is 1.19 bits per heavy atom. The summed E-state index contributed by atoms with van der Waals surface area (Å²) in [6, 6.07) is 0.546. The minimum atomic E-state index is -2.46. The van der Waals surface area contributed by atoms with Crippen molar-refractivity contribution >= 4 is 8.56 Å². The van der Waals surface area contributed by atoms with Crippen molar-refractivity contribution in [2.24, 2.45) is 0 Å². The molecule has 0 spiro atoms. The van der Waals surface area contributed by atoms with Gasteiger partial charge in [-0.2, -0.15) is 0 Å². The van der Waals surface area contributed by atoms with Crippen molar-refractivity contribution in [3.8, 4) is 0 Å². The average Bonchev–Trinajstić information content (AvgIpc) is 3.11. The summed E-state index contributed by atoms with van der Waals surface area (Å²) in [4.78, 5) is 0. The number of hydrogen-bond acceptors (Lipinski definition) is 3. The largest absolute Gasteiger partial charge is 0.388 e. The molecular weight excluding hydrogens is 342 g/mol. The van der Waals surface area contributed by atoms with Crippen molar-refractivity contribution < 1.29 is 14.0 Å². The van der Waals surface area contributed by atoms with Crippen LogP contribution in [-0.2, 0) is 21.7 Å². The van der Waals surface area contributed by atoms with Crippen molar-refractivity contribution in [1.29, 1.82) is 0 Å². The monoisotopic (exact) mass is 377 g/mol. The van der Waals surface area contributed by atoms with Gasteiger partial charge in [-0.05, 0) is 55.7 Å². The molecule has 1 N–H and O–H groups in total. The van der Waals surface area contributed by atoms with Gasteiger partial charge >= 0.3 is 8.56 Å². The van der Waals surface area contributed by atoms with E-state index in [0.29, 0.717) is 17.1 Å². The Hall–Kier alpha value is -0.623. The number of aliphatic hydroxyl groups excluding tert-OH is 1. The molecule has 146 valence electrons. The SMILES string of the molecule is CCc1c2c3n4c1CCC[C@@H]4C[C@@H]3O[Si](C(C)C)(C(C)C)O[C@@H](C)[C@@H]2O. The summed E-state index contributed by atoms with van der Waals surface area (Å²) in [5.41, 5.74) is 5.98. The topological polar surface area (TPSA) is 43.6 Å². The minimum Gasteiger partial charge on any atom is -0.388 e. The molecule has 5 heteroatoms. The molecule has 0 saturated carbocycles. The van der Waals surface area contributed by atoms with E-state index in [1.54, 1.807) is 0 Å². The summed E-state index contributed by atoms with van der Waals surface area (Å²) in [5, 5.41) is 11.4. The highest BCUT2D eigenvalue weighted by molar-refractivity contribution is 6.70. The number of aliphatic hydroxyl groups is 1. The highest BCUT2D eigenvalue weighted by Gasteiger charge is 2.54. The van der Waals surface area contributed by atoms with E-state index < -0.39 is 14.7 Å².